The van der Waals surface area contributed by atoms with Gasteiger partial charge >= 0.3 is 0 Å². The quantitative estimate of drug-likeness (QED) is 0.0173. The number of hydrogen-bond acceptors (Lipinski definition) is 17. The van der Waals surface area contributed by atoms with Gasteiger partial charge in [0.1, 0.15) is 54.4 Å². The first kappa shape index (κ1) is 78.5. The first-order chi connectivity index (χ1) is 45.2. The monoisotopic (exact) mass is 1350 g/mol. The van der Waals surface area contributed by atoms with E-state index in [4.69, 9.17) is 40.1 Å². The average Bonchev–Trinajstić information content (AvgIpc) is 1.74. The third-order valence-electron chi connectivity index (χ3n) is 16.0. The third kappa shape index (κ3) is 27.5. The molecule has 13 amide bonds. The van der Waals surface area contributed by atoms with E-state index in [9.17, 15) is 62.3 Å². The van der Waals surface area contributed by atoms with E-state index in [-0.39, 0.29) is 83.0 Å². The molecule has 2 aromatic carbocycles. The van der Waals surface area contributed by atoms with Crippen molar-refractivity contribution in [1.29, 1.82) is 0 Å². The molecule has 0 saturated carbocycles. The number of nitrogens with one attached hydrogen (secondary N) is 8. The summed E-state index contributed by atoms with van der Waals surface area (Å²) in [5, 5.41) is 21.1. The van der Waals surface area contributed by atoms with Gasteiger partial charge in [0.25, 0.3) is 0 Å². The number of likely N-dealkylation sites (tertiary alicyclic amines) is 2. The third-order valence-corrected chi connectivity index (χ3v) is 16.7. The summed E-state index contributed by atoms with van der Waals surface area (Å²) in [5.41, 5.74) is 40.6. The number of nitrogens with two attached hydrogens (primary N) is 7. The summed E-state index contributed by atoms with van der Waals surface area (Å²) in [6, 6.07) is 4.51. The number of hydrogen-bond donors (Lipinski definition) is 15. The van der Waals surface area contributed by atoms with Gasteiger partial charge in [-0.15, -0.1) is 0 Å². The first-order valence-corrected chi connectivity index (χ1v) is 33.6. The van der Waals surface area contributed by atoms with Crippen molar-refractivity contribution in [1.82, 2.24) is 52.3 Å². The van der Waals surface area contributed by atoms with Crippen LogP contribution in [-0.4, -0.2) is 198 Å². The Morgan fingerprint density at radius 2 is 1.01 bits per heavy atom. The van der Waals surface area contributed by atoms with E-state index in [0.29, 0.717) is 55.4 Å². The Morgan fingerprint density at radius 3 is 1.51 bits per heavy atom. The van der Waals surface area contributed by atoms with Gasteiger partial charge in [0.2, 0.25) is 76.8 Å². The lowest BCUT2D eigenvalue weighted by Crippen LogP contribution is -2.60. The number of aliphatic imine (C=N–C) groups is 1. The van der Waals surface area contributed by atoms with Crippen LogP contribution < -0.4 is 82.7 Å². The van der Waals surface area contributed by atoms with Crippen molar-refractivity contribution in [3.8, 4) is 0 Å². The molecule has 10 atom stereocenters. The number of guanidine groups is 1. The molecule has 0 bridgehead atoms. The van der Waals surface area contributed by atoms with Crippen LogP contribution in [0.5, 0.6) is 0 Å². The Hall–Kier alpha value is -8.91. The van der Waals surface area contributed by atoms with Gasteiger partial charge in [-0.3, -0.25) is 67.3 Å². The summed E-state index contributed by atoms with van der Waals surface area (Å²) in [6.07, 6.45) is 3.12. The summed E-state index contributed by atoms with van der Waals surface area (Å²) in [4.78, 5) is 185. The molecule has 2 heterocycles. The second-order valence-electron chi connectivity index (χ2n) is 24.1. The minimum Gasteiger partial charge on any atom is -0.370 e. The number of benzene rings is 2. The van der Waals surface area contributed by atoms with Crippen molar-refractivity contribution in [2.75, 3.05) is 44.7 Å². The van der Waals surface area contributed by atoms with Gasteiger partial charge in [-0.2, -0.15) is 11.8 Å². The van der Waals surface area contributed by atoms with Gasteiger partial charge < -0.3 is 92.5 Å². The van der Waals surface area contributed by atoms with Crippen LogP contribution >= 0.6 is 11.8 Å². The number of primary amides is 3. The first-order valence-electron chi connectivity index (χ1n) is 32.2. The van der Waals surface area contributed by atoms with Crippen molar-refractivity contribution in [2.24, 2.45) is 51.0 Å². The molecule has 0 spiro atoms. The Bertz CT molecular complexity index is 2960. The zero-order valence-electron chi connectivity index (χ0n) is 54.5. The number of amides is 13. The molecule has 4 rings (SSSR count). The number of thioether (sulfide) groups is 1. The van der Waals surface area contributed by atoms with Crippen LogP contribution in [0.25, 0.3) is 0 Å². The lowest BCUT2D eigenvalue weighted by atomic mass is 10.0. The molecule has 2 aliphatic heterocycles. The minimum atomic E-state index is -1.64. The molecule has 95 heavy (non-hydrogen) atoms. The van der Waals surface area contributed by atoms with Crippen molar-refractivity contribution >= 4 is 94.5 Å². The largest absolute Gasteiger partial charge is 0.370 e. The van der Waals surface area contributed by atoms with Crippen molar-refractivity contribution in [2.45, 2.75) is 183 Å². The number of rotatable bonds is 42. The van der Waals surface area contributed by atoms with Crippen molar-refractivity contribution < 1.29 is 62.3 Å². The maximum atomic E-state index is 14.7. The van der Waals surface area contributed by atoms with Gasteiger partial charge in [-0.05, 0) is 119 Å². The molecular formula is C63H98N18O13S. The summed E-state index contributed by atoms with van der Waals surface area (Å²) in [6.45, 7) is 3.86. The van der Waals surface area contributed by atoms with E-state index >= 15 is 0 Å². The molecule has 2 aliphatic rings. The highest BCUT2D eigenvalue weighted by Crippen LogP contribution is 2.24. The molecule has 0 aliphatic carbocycles. The molecule has 0 aromatic heterocycles. The van der Waals surface area contributed by atoms with Gasteiger partial charge in [0, 0.05) is 45.3 Å². The van der Waals surface area contributed by atoms with Crippen LogP contribution in [0.2, 0.25) is 0 Å². The number of carbonyl (C=O) groups is 13. The molecule has 2 fully saturated rings. The highest BCUT2D eigenvalue weighted by atomic mass is 32.2. The molecule has 524 valence electrons. The lowest BCUT2D eigenvalue weighted by molar-refractivity contribution is -0.144. The Labute approximate surface area is 558 Å². The van der Waals surface area contributed by atoms with Crippen LogP contribution in [0.3, 0.4) is 0 Å². The van der Waals surface area contributed by atoms with E-state index in [1.165, 1.54) is 21.6 Å². The van der Waals surface area contributed by atoms with Gasteiger partial charge in [-0.1, -0.05) is 74.5 Å². The topological polar surface area (TPSA) is 519 Å². The molecular weight excluding hydrogens is 1250 g/mol. The number of nitrogens with zero attached hydrogens (tertiary/aromatic N) is 3. The average molecular weight is 1350 g/mol. The lowest BCUT2D eigenvalue weighted by Gasteiger charge is -2.32. The Kier molecular flexibility index (Phi) is 33.9. The standard InChI is InChI=1S/C63H98N18O13S/c1-37(2)33-45(57(89)74-41(53(68)85)27-32-95-3)73-52(84)36-72-54(86)46(34-38-15-6-4-7-16-38)78-58(90)47(35-39-17-8-5-9-18-39)79-56(88)42(23-25-50(66)82)75-55(87)43(24-26-51(67)83)76-59(91)49-22-14-31-81(49)62(94)44(20-10-11-28-64)77-60(92)48-21-13-30-80(48)61(93)40(65)19-12-29-71-63(69)70/h4-9,15-18,37,40-49H,10-14,19-36,64-65H2,1-3H3,(H2,66,82)(H2,67,83)(H2,68,85)(H,72,86)(H,73,84)(H,74,89)(H,75,87)(H,76,91)(H,77,92)(H,78,90)(H,79,88)(H4,69,70,71)/t40-,41-,42+,43+,44+,45+,46-,47-,48+,49+/m0/s1. The zero-order chi connectivity index (χ0) is 70.1. The maximum absolute atomic E-state index is 14.7. The van der Waals surface area contributed by atoms with Crippen LogP contribution in [0.1, 0.15) is 121 Å². The summed E-state index contributed by atoms with van der Waals surface area (Å²) in [5.74, 6) is -9.80. The second-order valence-corrected chi connectivity index (χ2v) is 25.1. The van der Waals surface area contributed by atoms with Gasteiger partial charge in [-0.25, -0.2) is 0 Å². The molecule has 31 nitrogen and oxygen atoms in total. The zero-order valence-corrected chi connectivity index (χ0v) is 55.3. The Balaban J connectivity index is 1.56. The van der Waals surface area contributed by atoms with Crippen LogP contribution in [0, 0.1) is 5.92 Å². The fourth-order valence-corrected chi connectivity index (χ4v) is 11.5. The van der Waals surface area contributed by atoms with E-state index in [2.05, 4.69) is 47.5 Å². The van der Waals surface area contributed by atoms with Crippen molar-refractivity contribution in [3.05, 3.63) is 71.8 Å². The van der Waals surface area contributed by atoms with E-state index in [1.54, 1.807) is 60.7 Å². The van der Waals surface area contributed by atoms with Gasteiger partial charge in [0.15, 0.2) is 5.96 Å². The van der Waals surface area contributed by atoms with Crippen LogP contribution in [-0.2, 0) is 75.2 Å². The highest BCUT2D eigenvalue weighted by molar-refractivity contribution is 7.98. The van der Waals surface area contributed by atoms with Crippen molar-refractivity contribution in [3.63, 3.8) is 0 Å². The predicted octanol–water partition coefficient (Wildman–Crippen LogP) is -3.71. The molecule has 32 heteroatoms. The fraction of sp³-hybridized carbons (Fsp3) is 0.587. The fourth-order valence-electron chi connectivity index (χ4n) is 11.0. The molecule has 0 unspecified atom stereocenters. The van der Waals surface area contributed by atoms with E-state index < -0.39 is 169 Å². The maximum Gasteiger partial charge on any atom is 0.245 e. The number of carbonyl (C=O) groups excluding carboxylic acids is 13. The minimum absolute atomic E-state index is 0.0736. The van der Waals surface area contributed by atoms with E-state index in [1.807, 2.05) is 20.1 Å². The molecule has 0 radical (unpaired) electrons. The molecule has 2 aromatic rings. The summed E-state index contributed by atoms with van der Waals surface area (Å²) in [7, 11) is 0. The van der Waals surface area contributed by atoms with Crippen LogP contribution in [0.15, 0.2) is 65.7 Å². The normalized spacial score (nSPS) is 16.8. The Morgan fingerprint density at radius 1 is 0.537 bits per heavy atom. The SMILES string of the molecule is CSCC[C@H](NC(=O)[C@@H](CC(C)C)NC(=O)CNC(=O)[C@H](Cc1ccccc1)NC(=O)[C@H](Cc1ccccc1)NC(=O)[C@@H](CCC(N)=O)NC(=O)[C@@H](CCC(N)=O)NC(=O)[C@H]1CCCN1C(=O)[C@@H](CCCCN)NC(=O)[C@H]1CCCN1C(=O)[C@@H](N)CCCN=C(N)N)C(N)=O. The summed E-state index contributed by atoms with van der Waals surface area (Å²) >= 11 is 1.45. The summed E-state index contributed by atoms with van der Waals surface area (Å²) < 4.78 is 0. The molecule has 2 saturated heterocycles. The van der Waals surface area contributed by atoms with E-state index in [0.717, 1.165) is 0 Å². The molecule has 22 N–H and O–H groups in total. The second kappa shape index (κ2) is 41.0. The predicted molar refractivity (Wildman–Crippen MR) is 356 cm³/mol. The highest BCUT2D eigenvalue weighted by Gasteiger charge is 2.42. The van der Waals surface area contributed by atoms with Gasteiger partial charge in [0.05, 0.1) is 12.6 Å². The smallest absolute Gasteiger partial charge is 0.245 e. The van der Waals surface area contributed by atoms with Crippen LogP contribution in [0.4, 0.5) is 0 Å². The number of unbranched alkanes of at least 4 members (excludes halogenated alkanes) is 1.